The summed E-state index contributed by atoms with van der Waals surface area (Å²) in [6.45, 7) is -0.258. The minimum Gasteiger partial charge on any atom is -0.507 e. The zero-order chi connectivity index (χ0) is 17.5. The van der Waals surface area contributed by atoms with Gasteiger partial charge in [0.15, 0.2) is 0 Å². The topological polar surface area (TPSA) is 90.8 Å². The Hall–Kier alpha value is -2.38. The van der Waals surface area contributed by atoms with E-state index in [1.807, 2.05) is 0 Å². The highest BCUT2D eigenvalue weighted by Gasteiger charge is 2.10. The third kappa shape index (κ3) is 5.07. The molecule has 0 saturated heterocycles. The first-order valence-electron chi connectivity index (χ1n) is 6.80. The van der Waals surface area contributed by atoms with Gasteiger partial charge >= 0.3 is 0 Å². The first-order valence-corrected chi connectivity index (χ1v) is 7.97. The van der Waals surface area contributed by atoms with Crippen molar-refractivity contribution in [3.05, 3.63) is 63.1 Å². The number of halogens is 2. The van der Waals surface area contributed by atoms with Gasteiger partial charge in [0.1, 0.15) is 5.75 Å². The summed E-state index contributed by atoms with van der Waals surface area (Å²) in [5.74, 6) is -0.936. The van der Waals surface area contributed by atoms with Gasteiger partial charge in [0.2, 0.25) is 0 Å². The van der Waals surface area contributed by atoms with Crippen molar-refractivity contribution in [3.63, 3.8) is 0 Å². The molecule has 0 atom stereocenters. The summed E-state index contributed by atoms with van der Waals surface area (Å²) in [6.07, 6.45) is 1.30. The van der Waals surface area contributed by atoms with Gasteiger partial charge in [0, 0.05) is 10.0 Å². The molecule has 0 spiro atoms. The molecule has 2 aromatic rings. The van der Waals surface area contributed by atoms with Crippen molar-refractivity contribution >= 4 is 45.6 Å². The molecule has 0 aromatic heterocycles. The predicted molar refractivity (Wildman–Crippen MR) is 95.3 cm³/mol. The number of carbonyl (C=O) groups is 2. The van der Waals surface area contributed by atoms with Crippen LogP contribution in [0.2, 0.25) is 5.02 Å². The molecular formula is C16H13BrClN3O3. The molecule has 0 fully saturated rings. The van der Waals surface area contributed by atoms with Crippen molar-refractivity contribution in [2.45, 2.75) is 0 Å². The van der Waals surface area contributed by atoms with Crippen molar-refractivity contribution in [3.8, 4) is 5.75 Å². The quantitative estimate of drug-likeness (QED) is 0.523. The summed E-state index contributed by atoms with van der Waals surface area (Å²) in [5.41, 5.74) is 2.98. The van der Waals surface area contributed by atoms with Crippen LogP contribution in [0.5, 0.6) is 5.75 Å². The minimum absolute atomic E-state index is 0.0308. The zero-order valence-electron chi connectivity index (χ0n) is 12.3. The van der Waals surface area contributed by atoms with Gasteiger partial charge in [-0.1, -0.05) is 39.7 Å². The lowest BCUT2D eigenvalue weighted by molar-refractivity contribution is -0.120. The number of hydrogen-bond acceptors (Lipinski definition) is 4. The van der Waals surface area contributed by atoms with Crippen LogP contribution >= 0.6 is 27.5 Å². The molecule has 8 heteroatoms. The lowest BCUT2D eigenvalue weighted by atomic mass is 10.2. The molecule has 0 heterocycles. The van der Waals surface area contributed by atoms with Crippen LogP contribution in [0.25, 0.3) is 0 Å². The number of carbonyl (C=O) groups excluding carboxylic acids is 2. The fourth-order valence-electron chi connectivity index (χ4n) is 1.74. The highest BCUT2D eigenvalue weighted by atomic mass is 79.9. The molecule has 0 bridgehead atoms. The molecule has 2 amide bonds. The number of benzene rings is 2. The molecular weight excluding hydrogens is 398 g/mol. The molecule has 0 unspecified atom stereocenters. The van der Waals surface area contributed by atoms with E-state index in [2.05, 4.69) is 31.8 Å². The Balaban J connectivity index is 1.85. The number of rotatable bonds is 5. The van der Waals surface area contributed by atoms with Crippen LogP contribution in [0, 0.1) is 0 Å². The van der Waals surface area contributed by atoms with Crippen molar-refractivity contribution in [2.75, 3.05) is 6.54 Å². The Morgan fingerprint density at radius 2 is 2.00 bits per heavy atom. The number of nitrogens with one attached hydrogen (secondary N) is 2. The van der Waals surface area contributed by atoms with E-state index in [-0.39, 0.29) is 17.9 Å². The Morgan fingerprint density at radius 3 is 2.75 bits per heavy atom. The maximum atomic E-state index is 11.9. The molecule has 24 heavy (non-hydrogen) atoms. The van der Waals surface area contributed by atoms with Crippen LogP contribution in [0.3, 0.4) is 0 Å². The van der Waals surface area contributed by atoms with Crippen molar-refractivity contribution < 1.29 is 14.7 Å². The van der Waals surface area contributed by atoms with Gasteiger partial charge in [-0.3, -0.25) is 9.59 Å². The first-order chi connectivity index (χ1) is 11.5. The largest absolute Gasteiger partial charge is 0.507 e. The second-order valence-corrected chi connectivity index (χ2v) is 5.98. The van der Waals surface area contributed by atoms with Gasteiger partial charge in [-0.2, -0.15) is 5.10 Å². The molecule has 0 radical (unpaired) electrons. The molecule has 6 nitrogen and oxygen atoms in total. The van der Waals surface area contributed by atoms with E-state index in [0.29, 0.717) is 10.6 Å². The SMILES string of the molecule is O=C(CNC(=O)c1ccccc1Cl)N/N=C\c1cc(Br)ccc1O. The maximum absolute atomic E-state index is 11.9. The summed E-state index contributed by atoms with van der Waals surface area (Å²) in [7, 11) is 0. The third-order valence-corrected chi connectivity index (χ3v) is 3.73. The zero-order valence-corrected chi connectivity index (χ0v) is 14.6. The Bertz CT molecular complexity index is 796. The normalized spacial score (nSPS) is 10.6. The van der Waals surface area contributed by atoms with Gasteiger partial charge in [0.25, 0.3) is 11.8 Å². The van der Waals surface area contributed by atoms with E-state index in [0.717, 1.165) is 4.47 Å². The van der Waals surface area contributed by atoms with E-state index in [1.54, 1.807) is 36.4 Å². The van der Waals surface area contributed by atoms with E-state index in [1.165, 1.54) is 12.3 Å². The van der Waals surface area contributed by atoms with Crippen LogP contribution in [-0.2, 0) is 4.79 Å². The fraction of sp³-hybridized carbons (Fsp3) is 0.0625. The summed E-state index contributed by atoms with van der Waals surface area (Å²) < 4.78 is 0.764. The van der Waals surface area contributed by atoms with Crippen LogP contribution in [0.1, 0.15) is 15.9 Å². The van der Waals surface area contributed by atoms with Crippen LogP contribution in [0.15, 0.2) is 52.0 Å². The Kier molecular flexibility index (Phi) is 6.34. The number of phenolic OH excluding ortho intramolecular Hbond substituents is 1. The third-order valence-electron chi connectivity index (χ3n) is 2.91. The molecule has 124 valence electrons. The highest BCUT2D eigenvalue weighted by molar-refractivity contribution is 9.10. The molecule has 3 N–H and O–H groups in total. The summed E-state index contributed by atoms with van der Waals surface area (Å²) >= 11 is 9.17. The summed E-state index contributed by atoms with van der Waals surface area (Å²) in [6, 6.07) is 11.3. The lowest BCUT2D eigenvalue weighted by Crippen LogP contribution is -2.35. The number of aromatic hydroxyl groups is 1. The molecule has 2 aromatic carbocycles. The molecule has 0 aliphatic heterocycles. The van der Waals surface area contributed by atoms with E-state index < -0.39 is 11.8 Å². The summed E-state index contributed by atoms with van der Waals surface area (Å²) in [5, 5.41) is 16.1. The minimum atomic E-state index is -0.513. The second-order valence-electron chi connectivity index (χ2n) is 4.66. The fourth-order valence-corrected chi connectivity index (χ4v) is 2.34. The number of nitrogens with zero attached hydrogens (tertiary/aromatic N) is 1. The standard InChI is InChI=1S/C16H13BrClN3O3/c17-11-5-6-14(22)10(7-11)8-20-21-15(23)9-19-16(24)12-3-1-2-4-13(12)18/h1-8,22H,9H2,(H,19,24)(H,21,23)/b20-8-. The number of hydrogen-bond donors (Lipinski definition) is 3. The van der Waals surface area contributed by atoms with Crippen LogP contribution in [0.4, 0.5) is 0 Å². The van der Waals surface area contributed by atoms with Crippen molar-refractivity contribution in [1.29, 1.82) is 0 Å². The van der Waals surface area contributed by atoms with E-state index in [4.69, 9.17) is 11.6 Å². The van der Waals surface area contributed by atoms with Gasteiger partial charge in [-0.05, 0) is 30.3 Å². The monoisotopic (exact) mass is 409 g/mol. The average molecular weight is 411 g/mol. The second kappa shape index (κ2) is 8.47. The van der Waals surface area contributed by atoms with Gasteiger partial charge in [-0.25, -0.2) is 5.43 Å². The van der Waals surface area contributed by atoms with Crippen molar-refractivity contribution in [2.24, 2.45) is 5.10 Å². The molecule has 2 rings (SSSR count). The Labute approximate surface area is 151 Å². The average Bonchev–Trinajstić information content (AvgIpc) is 2.56. The lowest BCUT2D eigenvalue weighted by Gasteiger charge is -2.05. The maximum Gasteiger partial charge on any atom is 0.259 e. The first kappa shape index (κ1) is 18.0. The van der Waals surface area contributed by atoms with Gasteiger partial charge in [0.05, 0.1) is 23.3 Å². The Morgan fingerprint density at radius 1 is 1.25 bits per heavy atom. The van der Waals surface area contributed by atoms with Crippen LogP contribution in [-0.4, -0.2) is 29.7 Å². The van der Waals surface area contributed by atoms with Gasteiger partial charge in [-0.15, -0.1) is 0 Å². The van der Waals surface area contributed by atoms with E-state index >= 15 is 0 Å². The smallest absolute Gasteiger partial charge is 0.259 e. The molecule has 0 saturated carbocycles. The number of phenols is 1. The summed E-state index contributed by atoms with van der Waals surface area (Å²) in [4.78, 5) is 23.6. The number of hydrazone groups is 1. The van der Waals surface area contributed by atoms with Crippen molar-refractivity contribution in [1.82, 2.24) is 10.7 Å². The van der Waals surface area contributed by atoms with E-state index in [9.17, 15) is 14.7 Å². The number of amides is 2. The molecule has 0 aliphatic rings. The van der Waals surface area contributed by atoms with Gasteiger partial charge < -0.3 is 10.4 Å². The highest BCUT2D eigenvalue weighted by Crippen LogP contribution is 2.19. The molecule has 0 aliphatic carbocycles. The predicted octanol–water partition coefficient (Wildman–Crippen LogP) is 2.69. The van der Waals surface area contributed by atoms with Crippen LogP contribution < -0.4 is 10.7 Å².